The first-order valence-corrected chi connectivity index (χ1v) is 16.1. The van der Waals surface area contributed by atoms with Gasteiger partial charge in [0.1, 0.15) is 11.4 Å². The van der Waals surface area contributed by atoms with Crippen LogP contribution in [0.4, 0.5) is 9.18 Å². The van der Waals surface area contributed by atoms with Crippen molar-refractivity contribution >= 4 is 6.09 Å². The van der Waals surface area contributed by atoms with E-state index in [9.17, 15) is 9.18 Å². The number of hydrogen-bond donors (Lipinski definition) is 0. The smallest absolute Gasteiger partial charge is 0.444 e. The molecule has 0 radical (unpaired) electrons. The SMILES string of the molecule is CCCC.CCCc1cccc(F)c1.C\C=C(CC)/C(C(/C)=C\C=C\CC)=C(/C)N1CCN(C(=O)OC(C)(C)C)CC1.[CH3-].[Cu+]. The summed E-state index contributed by atoms with van der Waals surface area (Å²) < 4.78 is 18.0. The van der Waals surface area contributed by atoms with Gasteiger partial charge in [-0.3, -0.25) is 0 Å². The molecule has 4 nitrogen and oxygen atoms in total. The number of hydrogen-bond acceptors (Lipinski definition) is 3. The zero-order valence-electron chi connectivity index (χ0n) is 30.1. The fourth-order valence-electron chi connectivity index (χ4n) is 4.42. The van der Waals surface area contributed by atoms with Crippen molar-refractivity contribution in [1.82, 2.24) is 9.80 Å². The quantitative estimate of drug-likeness (QED) is 0.150. The Labute approximate surface area is 282 Å². The van der Waals surface area contributed by atoms with E-state index in [1.807, 2.05) is 31.7 Å². The summed E-state index contributed by atoms with van der Waals surface area (Å²) in [7, 11) is 0. The molecule has 1 aliphatic rings. The molecule has 1 aromatic rings. The molecule has 1 fully saturated rings. The number of amides is 1. The maximum absolute atomic E-state index is 12.5. The summed E-state index contributed by atoms with van der Waals surface area (Å²) in [4.78, 5) is 16.5. The van der Waals surface area contributed by atoms with Crippen molar-refractivity contribution < 1.29 is 31.0 Å². The number of carbonyl (C=O) groups is 1. The van der Waals surface area contributed by atoms with Gasteiger partial charge < -0.3 is 22.0 Å². The summed E-state index contributed by atoms with van der Waals surface area (Å²) in [5, 5.41) is 0. The van der Waals surface area contributed by atoms with E-state index in [4.69, 9.17) is 4.74 Å². The molecule has 44 heavy (non-hydrogen) atoms. The van der Waals surface area contributed by atoms with Crippen LogP contribution in [0, 0.1) is 13.2 Å². The number of unbranched alkanes of at least 4 members (excludes halogenated alkanes) is 1. The van der Waals surface area contributed by atoms with E-state index in [2.05, 4.69) is 84.6 Å². The minimum atomic E-state index is -0.451. The van der Waals surface area contributed by atoms with Gasteiger partial charge in [-0.25, -0.2) is 9.18 Å². The molecule has 0 aromatic heterocycles. The monoisotopic (exact) mass is 662 g/mol. The van der Waals surface area contributed by atoms with Crippen LogP contribution >= 0.6 is 0 Å². The second kappa shape index (κ2) is 26.0. The van der Waals surface area contributed by atoms with Gasteiger partial charge in [-0.05, 0) is 95.2 Å². The van der Waals surface area contributed by atoms with Gasteiger partial charge in [0, 0.05) is 31.9 Å². The number of ether oxygens (including phenoxy) is 1. The van der Waals surface area contributed by atoms with Gasteiger partial charge in [0.15, 0.2) is 0 Å². The van der Waals surface area contributed by atoms with Crippen LogP contribution in [-0.4, -0.2) is 47.7 Å². The van der Waals surface area contributed by atoms with E-state index in [1.54, 1.807) is 12.1 Å². The van der Waals surface area contributed by atoms with Crippen LogP contribution in [0.25, 0.3) is 0 Å². The normalized spacial score (nSPS) is 14.3. The molecular weight excluding hydrogens is 599 g/mol. The Balaban J connectivity index is -0.000000869. The number of aryl methyl sites for hydroxylation is 1. The van der Waals surface area contributed by atoms with Crippen molar-refractivity contribution in [2.45, 2.75) is 120 Å². The van der Waals surface area contributed by atoms with Gasteiger partial charge in [-0.15, -0.1) is 0 Å². The minimum absolute atomic E-state index is 0. The predicted molar refractivity (Wildman–Crippen MR) is 187 cm³/mol. The third kappa shape index (κ3) is 19.2. The Morgan fingerprint density at radius 1 is 0.955 bits per heavy atom. The molecule has 1 saturated heterocycles. The molecule has 0 bridgehead atoms. The standard InChI is InChI=1S/C24H40N2O2.C9H11F.C4H10.CH3.Cu/c1-9-12-13-14-19(4)22(21(10-2)11-3)20(5)25-15-17-26(18-16-25)23(27)28-24(6,7)8;1-2-4-8-5-3-6-9(10)7-8;1-3-4-2;;/h10,12-14H,9,11,15-18H2,1-8H3;3,5-7H,2,4H2,1H3;3-4H2,1-2H3;1H3;/q;;;-1;+1/b13-12+,19-14-,21-10-,22-20-;;;;. The number of nitrogens with zero attached hydrogens (tertiary/aromatic N) is 2. The Morgan fingerprint density at radius 2 is 1.52 bits per heavy atom. The fourth-order valence-corrected chi connectivity index (χ4v) is 4.42. The van der Waals surface area contributed by atoms with Gasteiger partial charge >= 0.3 is 23.2 Å². The van der Waals surface area contributed by atoms with E-state index in [0.29, 0.717) is 13.1 Å². The molecule has 1 heterocycles. The van der Waals surface area contributed by atoms with Crippen molar-refractivity contribution in [1.29, 1.82) is 0 Å². The van der Waals surface area contributed by atoms with E-state index in [-0.39, 0.29) is 36.4 Å². The van der Waals surface area contributed by atoms with Crippen molar-refractivity contribution in [2.75, 3.05) is 26.2 Å². The molecule has 0 unspecified atom stereocenters. The first-order chi connectivity index (χ1) is 19.9. The summed E-state index contributed by atoms with van der Waals surface area (Å²) in [5.74, 6) is -0.133. The number of carbonyl (C=O) groups excluding carboxylic acids is 1. The van der Waals surface area contributed by atoms with Crippen LogP contribution in [0.5, 0.6) is 0 Å². The van der Waals surface area contributed by atoms with E-state index >= 15 is 0 Å². The van der Waals surface area contributed by atoms with Crippen LogP contribution in [-0.2, 0) is 28.2 Å². The van der Waals surface area contributed by atoms with E-state index in [1.165, 1.54) is 41.3 Å². The summed E-state index contributed by atoms with van der Waals surface area (Å²) in [6.07, 6.45) is 15.3. The Morgan fingerprint density at radius 3 is 1.95 bits per heavy atom. The first-order valence-electron chi connectivity index (χ1n) is 16.1. The molecule has 0 saturated carbocycles. The minimum Gasteiger partial charge on any atom is -0.444 e. The van der Waals surface area contributed by atoms with E-state index in [0.717, 1.165) is 44.3 Å². The molecule has 256 valence electrons. The van der Waals surface area contributed by atoms with Gasteiger partial charge in [0.05, 0.1) is 0 Å². The van der Waals surface area contributed by atoms with Crippen molar-refractivity contribution in [2.24, 2.45) is 0 Å². The summed E-state index contributed by atoms with van der Waals surface area (Å²) in [6.45, 7) is 26.1. The van der Waals surface area contributed by atoms with Crippen LogP contribution < -0.4 is 0 Å². The summed E-state index contributed by atoms with van der Waals surface area (Å²) in [5.41, 5.74) is 5.90. The topological polar surface area (TPSA) is 32.8 Å². The third-order valence-corrected chi connectivity index (χ3v) is 6.86. The van der Waals surface area contributed by atoms with Crippen LogP contribution in [0.2, 0.25) is 0 Å². The van der Waals surface area contributed by atoms with Gasteiger partial charge in [0.2, 0.25) is 0 Å². The average Bonchev–Trinajstić information content (AvgIpc) is 2.95. The second-order valence-electron chi connectivity index (χ2n) is 11.6. The molecule has 1 aliphatic heterocycles. The number of benzene rings is 1. The summed E-state index contributed by atoms with van der Waals surface area (Å²) in [6, 6.07) is 6.76. The maximum atomic E-state index is 12.5. The Kier molecular flexibility index (Phi) is 27.2. The molecule has 0 aliphatic carbocycles. The zero-order valence-corrected chi connectivity index (χ0v) is 31.0. The average molecular weight is 663 g/mol. The molecule has 6 heteroatoms. The van der Waals surface area contributed by atoms with Gasteiger partial charge in [-0.1, -0.05) is 90.3 Å². The molecule has 1 amide bonds. The Hall–Kier alpha value is -2.30. The van der Waals surface area contributed by atoms with Crippen molar-refractivity contribution in [3.63, 3.8) is 0 Å². The molecule has 0 N–H and O–H groups in total. The van der Waals surface area contributed by atoms with Gasteiger partial charge in [-0.2, -0.15) is 0 Å². The first kappa shape index (κ1) is 46.1. The van der Waals surface area contributed by atoms with Crippen molar-refractivity contribution in [3.8, 4) is 0 Å². The fraction of sp³-hybridized carbons (Fsp3) is 0.579. The number of rotatable bonds is 9. The van der Waals surface area contributed by atoms with Gasteiger partial charge in [0.25, 0.3) is 0 Å². The Bertz CT molecular complexity index is 1030. The third-order valence-electron chi connectivity index (χ3n) is 6.86. The number of halogens is 1. The van der Waals surface area contributed by atoms with Crippen LogP contribution in [0.15, 0.2) is 71.0 Å². The molecule has 1 aromatic carbocycles. The molecule has 0 atom stereocenters. The van der Waals surface area contributed by atoms with Crippen LogP contribution in [0.3, 0.4) is 0 Å². The summed E-state index contributed by atoms with van der Waals surface area (Å²) >= 11 is 0. The second-order valence-corrected chi connectivity index (χ2v) is 11.6. The largest absolute Gasteiger partial charge is 1.00 e. The molecular formula is C38H64CuFN2O2. The van der Waals surface area contributed by atoms with E-state index < -0.39 is 5.60 Å². The zero-order chi connectivity index (χ0) is 32.1. The predicted octanol–water partition coefficient (Wildman–Crippen LogP) is 11.1. The number of piperazine rings is 1. The number of allylic oxidation sites excluding steroid dienone is 8. The molecule has 0 spiro atoms. The maximum Gasteiger partial charge on any atom is 1.00 e. The molecule has 2 rings (SSSR count). The van der Waals surface area contributed by atoms with Crippen LogP contribution in [0.1, 0.15) is 114 Å². The van der Waals surface area contributed by atoms with Crippen molar-refractivity contribution in [3.05, 3.63) is 89.8 Å².